The van der Waals surface area contributed by atoms with Crippen molar-refractivity contribution in [1.82, 2.24) is 10.3 Å². The SMILES string of the molecule is C=C(OC)OC(C)OP(=O)(O)Oc1ccccc1N=Nc1ccc(NC(=O)CNC)nc1N. The predicted molar refractivity (Wildman–Crippen MR) is 120 cm³/mol. The molecule has 1 aromatic carbocycles. The number of ether oxygens (including phenoxy) is 2. The molecule has 1 aromatic heterocycles. The number of nitrogen functional groups attached to an aromatic ring is 1. The molecule has 5 N–H and O–H groups in total. The molecule has 2 atom stereocenters. The number of benzene rings is 1. The average Bonchev–Trinajstić information content (AvgIpc) is 2.73. The normalized spacial score (nSPS) is 13.7. The molecule has 0 bridgehead atoms. The Morgan fingerprint density at radius 1 is 1.27 bits per heavy atom. The number of aromatic nitrogens is 1. The van der Waals surface area contributed by atoms with Crippen LogP contribution in [0, 0.1) is 0 Å². The number of hydrogen-bond acceptors (Lipinski definition) is 11. The van der Waals surface area contributed by atoms with Crippen LogP contribution in [0.15, 0.2) is 59.2 Å². The molecule has 1 amide bonds. The number of carbonyl (C=O) groups is 1. The number of hydrogen-bond donors (Lipinski definition) is 4. The van der Waals surface area contributed by atoms with Gasteiger partial charge in [-0.15, -0.1) is 10.2 Å². The molecule has 0 radical (unpaired) electrons. The van der Waals surface area contributed by atoms with Crippen LogP contribution in [0.25, 0.3) is 0 Å². The Morgan fingerprint density at radius 2 is 1.97 bits per heavy atom. The topological polar surface area (TPSA) is 179 Å². The number of anilines is 2. The quantitative estimate of drug-likeness (QED) is 0.152. The van der Waals surface area contributed by atoms with Gasteiger partial charge in [-0.25, -0.2) is 14.1 Å². The molecule has 2 rings (SSSR count). The smallest absolute Gasteiger partial charge is 0.469 e. The van der Waals surface area contributed by atoms with Gasteiger partial charge in [0.05, 0.1) is 13.7 Å². The molecule has 0 aliphatic heterocycles. The van der Waals surface area contributed by atoms with Gasteiger partial charge in [-0.05, 0) is 44.8 Å². The summed E-state index contributed by atoms with van der Waals surface area (Å²) in [5.41, 5.74) is 6.21. The second-order valence-corrected chi connectivity index (χ2v) is 7.60. The van der Waals surface area contributed by atoms with Crippen molar-refractivity contribution in [3.8, 4) is 5.75 Å². The van der Waals surface area contributed by atoms with Crippen molar-refractivity contribution in [2.45, 2.75) is 13.2 Å². The zero-order valence-electron chi connectivity index (χ0n) is 18.2. The maximum Gasteiger partial charge on any atom is 0.530 e. The number of nitrogens with two attached hydrogens (primary N) is 1. The zero-order chi connectivity index (χ0) is 24.4. The van der Waals surface area contributed by atoms with E-state index in [1.807, 2.05) is 0 Å². The molecule has 0 fully saturated rings. The molecule has 0 spiro atoms. The van der Waals surface area contributed by atoms with Gasteiger partial charge >= 0.3 is 7.82 Å². The summed E-state index contributed by atoms with van der Waals surface area (Å²) in [6.45, 7) is 4.91. The largest absolute Gasteiger partial charge is 0.530 e. The first-order chi connectivity index (χ1) is 15.6. The van der Waals surface area contributed by atoms with Gasteiger partial charge < -0.3 is 30.4 Å². The summed E-state index contributed by atoms with van der Waals surface area (Å²) in [5.74, 6) is -0.198. The summed E-state index contributed by atoms with van der Waals surface area (Å²) in [7, 11) is -1.64. The van der Waals surface area contributed by atoms with Gasteiger partial charge in [0.1, 0.15) is 17.2 Å². The minimum absolute atomic E-state index is 0.0138. The minimum Gasteiger partial charge on any atom is -0.469 e. The van der Waals surface area contributed by atoms with Crippen molar-refractivity contribution in [2.24, 2.45) is 10.2 Å². The molecule has 0 saturated carbocycles. The number of methoxy groups -OCH3 is 1. The molecule has 0 aliphatic rings. The number of pyridine rings is 1. The second kappa shape index (κ2) is 11.9. The Bertz CT molecular complexity index is 1060. The third kappa shape index (κ3) is 8.50. The number of phosphoric ester groups is 1. The molecular formula is C19H25N6O7P. The third-order valence-corrected chi connectivity index (χ3v) is 4.65. The highest BCUT2D eigenvalue weighted by atomic mass is 31.2. The Morgan fingerprint density at radius 3 is 2.64 bits per heavy atom. The number of nitrogens with zero attached hydrogens (tertiary/aromatic N) is 3. The Labute approximate surface area is 190 Å². The van der Waals surface area contributed by atoms with Crippen LogP contribution >= 0.6 is 7.82 Å². The minimum atomic E-state index is -4.60. The number of azo groups is 1. The van der Waals surface area contributed by atoms with Gasteiger partial charge in [-0.1, -0.05) is 12.1 Å². The average molecular weight is 480 g/mol. The van der Waals surface area contributed by atoms with Crippen molar-refractivity contribution < 1.29 is 32.8 Å². The van der Waals surface area contributed by atoms with E-state index in [-0.39, 0.29) is 47.2 Å². The number of rotatable bonds is 12. The summed E-state index contributed by atoms with van der Waals surface area (Å²) < 4.78 is 32.1. The lowest BCUT2D eigenvalue weighted by atomic mass is 10.3. The van der Waals surface area contributed by atoms with E-state index >= 15 is 0 Å². The zero-order valence-corrected chi connectivity index (χ0v) is 19.1. The van der Waals surface area contributed by atoms with Crippen molar-refractivity contribution in [1.29, 1.82) is 0 Å². The number of amides is 1. The first kappa shape index (κ1) is 25.7. The summed E-state index contributed by atoms with van der Waals surface area (Å²) >= 11 is 0. The Hall–Kier alpha value is -3.51. The monoisotopic (exact) mass is 480 g/mol. The first-order valence-electron chi connectivity index (χ1n) is 9.45. The van der Waals surface area contributed by atoms with Crippen molar-refractivity contribution in [3.63, 3.8) is 0 Å². The number of carbonyl (C=O) groups excluding carboxylic acids is 1. The van der Waals surface area contributed by atoms with Gasteiger partial charge in [0, 0.05) is 0 Å². The molecule has 2 aromatic rings. The van der Waals surface area contributed by atoms with Crippen molar-refractivity contribution >= 4 is 36.7 Å². The lowest BCUT2D eigenvalue weighted by Gasteiger charge is -2.19. The van der Waals surface area contributed by atoms with E-state index in [4.69, 9.17) is 24.3 Å². The summed E-state index contributed by atoms with van der Waals surface area (Å²) in [4.78, 5) is 25.7. The molecule has 33 heavy (non-hydrogen) atoms. The molecule has 2 unspecified atom stereocenters. The van der Waals surface area contributed by atoms with Crippen LogP contribution in [-0.4, -0.2) is 42.8 Å². The van der Waals surface area contributed by atoms with E-state index in [1.54, 1.807) is 19.2 Å². The van der Waals surface area contributed by atoms with Crippen LogP contribution in [0.1, 0.15) is 6.92 Å². The highest BCUT2D eigenvalue weighted by Crippen LogP contribution is 2.48. The van der Waals surface area contributed by atoms with Crippen LogP contribution in [-0.2, 0) is 23.4 Å². The van der Waals surface area contributed by atoms with Gasteiger partial charge in [0.2, 0.25) is 12.2 Å². The van der Waals surface area contributed by atoms with Gasteiger partial charge in [-0.3, -0.25) is 9.69 Å². The number of phosphoric acid groups is 1. The Balaban J connectivity index is 2.13. The van der Waals surface area contributed by atoms with E-state index in [2.05, 4.69) is 32.4 Å². The molecule has 178 valence electrons. The number of nitrogens with one attached hydrogen (secondary N) is 2. The summed E-state index contributed by atoms with van der Waals surface area (Å²) in [6.07, 6.45) is -1.18. The second-order valence-electron chi connectivity index (χ2n) is 6.27. The van der Waals surface area contributed by atoms with Crippen LogP contribution < -0.4 is 20.9 Å². The molecule has 14 heteroatoms. The van der Waals surface area contributed by atoms with Crippen molar-refractivity contribution in [3.05, 3.63) is 48.9 Å². The van der Waals surface area contributed by atoms with Gasteiger partial charge in [0.15, 0.2) is 11.6 Å². The molecule has 1 heterocycles. The molecule has 0 aliphatic carbocycles. The number of likely N-dealkylation sites (N-methyl/N-ethyl adjacent to an activating group) is 1. The van der Waals surface area contributed by atoms with Gasteiger partial charge in [0.25, 0.3) is 5.95 Å². The van der Waals surface area contributed by atoms with E-state index in [1.165, 1.54) is 38.3 Å². The fraction of sp³-hybridized carbons (Fsp3) is 0.263. The fourth-order valence-corrected chi connectivity index (χ4v) is 3.15. The third-order valence-electron chi connectivity index (χ3n) is 3.66. The van der Waals surface area contributed by atoms with E-state index in [0.29, 0.717) is 0 Å². The summed E-state index contributed by atoms with van der Waals surface area (Å²) in [6, 6.07) is 9.11. The van der Waals surface area contributed by atoms with Crippen LogP contribution in [0.4, 0.5) is 23.0 Å². The van der Waals surface area contributed by atoms with E-state index in [0.717, 1.165) is 0 Å². The lowest BCUT2D eigenvalue weighted by molar-refractivity contribution is -0.115. The highest BCUT2D eigenvalue weighted by molar-refractivity contribution is 7.47. The number of para-hydroxylation sites is 1. The predicted octanol–water partition coefficient (Wildman–Crippen LogP) is 3.21. The maximum atomic E-state index is 12.3. The lowest BCUT2D eigenvalue weighted by Crippen LogP contribution is -2.25. The Kier molecular flexibility index (Phi) is 9.30. The van der Waals surface area contributed by atoms with Crippen LogP contribution in [0.5, 0.6) is 5.75 Å². The summed E-state index contributed by atoms with van der Waals surface area (Å²) in [5, 5.41) is 13.3. The first-order valence-corrected chi connectivity index (χ1v) is 10.9. The molecular weight excluding hydrogens is 455 g/mol. The maximum absolute atomic E-state index is 12.3. The van der Waals surface area contributed by atoms with E-state index in [9.17, 15) is 14.3 Å². The van der Waals surface area contributed by atoms with Crippen LogP contribution in [0.3, 0.4) is 0 Å². The van der Waals surface area contributed by atoms with Crippen LogP contribution in [0.2, 0.25) is 0 Å². The highest BCUT2D eigenvalue weighted by Gasteiger charge is 2.28. The molecule has 13 nitrogen and oxygen atoms in total. The van der Waals surface area contributed by atoms with Crippen molar-refractivity contribution in [2.75, 3.05) is 31.8 Å². The fourth-order valence-electron chi connectivity index (χ4n) is 2.28. The molecule has 0 saturated heterocycles. The van der Waals surface area contributed by atoms with Gasteiger partial charge in [-0.2, -0.15) is 0 Å². The van der Waals surface area contributed by atoms with E-state index < -0.39 is 14.1 Å². The standard InChI is InChI=1S/C19H25N6O7P/c1-12(29-4)30-13(2)31-33(27,28)32-16-8-6-5-7-14(16)24-25-15-9-10-17(23-19(15)20)22-18(26)11-21-3/h5-10,13,21H,1,11H2,2-4H3,(H,27,28)(H3,20,22,23,26).